The Kier molecular flexibility index (Phi) is 4.08. The Balaban J connectivity index is 2.00. The number of benzene rings is 1. The molecule has 2 unspecified atom stereocenters. The molecule has 0 aromatic heterocycles. The summed E-state index contributed by atoms with van der Waals surface area (Å²) in [5, 5.41) is 9.23. The molecule has 4 heteroatoms. The summed E-state index contributed by atoms with van der Waals surface area (Å²) in [5.41, 5.74) is 0.832. The summed E-state index contributed by atoms with van der Waals surface area (Å²) in [6.45, 7) is 4.02. The van der Waals surface area contributed by atoms with Gasteiger partial charge in [-0.05, 0) is 37.0 Å². The molecule has 19 heavy (non-hydrogen) atoms. The largest absolute Gasteiger partial charge is 0.490 e. The summed E-state index contributed by atoms with van der Waals surface area (Å²) in [6, 6.07) is 4.44. The molecule has 0 saturated heterocycles. The van der Waals surface area contributed by atoms with Crippen LogP contribution in [-0.2, 0) is 11.2 Å². The second kappa shape index (κ2) is 5.59. The fraction of sp³-hybridized carbons (Fsp3) is 0.533. The SMILES string of the molecule is CC(C)CC(CC1Cc2cc(F)ccc2O1)C(=O)O. The summed E-state index contributed by atoms with van der Waals surface area (Å²) in [5.74, 6) is -0.439. The number of carbonyl (C=O) groups is 1. The standard InChI is InChI=1S/C15H19FO3/c1-9(2)5-11(15(17)18)8-13-7-10-6-12(16)3-4-14(10)19-13/h3-4,6,9,11,13H,5,7-8H2,1-2H3,(H,17,18). The quantitative estimate of drug-likeness (QED) is 0.889. The minimum absolute atomic E-state index is 0.156. The number of carboxylic acid groups (broad SMARTS) is 1. The van der Waals surface area contributed by atoms with Crippen molar-refractivity contribution < 1.29 is 19.0 Å². The zero-order valence-corrected chi connectivity index (χ0v) is 11.2. The Labute approximate surface area is 112 Å². The minimum atomic E-state index is -0.778. The van der Waals surface area contributed by atoms with Crippen LogP contribution in [0.15, 0.2) is 18.2 Å². The van der Waals surface area contributed by atoms with Crippen molar-refractivity contribution >= 4 is 5.97 Å². The molecule has 1 aromatic carbocycles. The van der Waals surface area contributed by atoms with Crippen molar-refractivity contribution in [2.75, 3.05) is 0 Å². The lowest BCUT2D eigenvalue weighted by atomic mass is 9.91. The van der Waals surface area contributed by atoms with Gasteiger partial charge in [0.15, 0.2) is 0 Å². The topological polar surface area (TPSA) is 46.5 Å². The lowest BCUT2D eigenvalue weighted by Crippen LogP contribution is -2.24. The van der Waals surface area contributed by atoms with Crippen LogP contribution in [-0.4, -0.2) is 17.2 Å². The van der Waals surface area contributed by atoms with Crippen molar-refractivity contribution in [1.82, 2.24) is 0 Å². The number of ether oxygens (including phenoxy) is 1. The number of aliphatic carboxylic acids is 1. The maximum absolute atomic E-state index is 13.1. The van der Waals surface area contributed by atoms with Crippen LogP contribution >= 0.6 is 0 Å². The van der Waals surface area contributed by atoms with Crippen LogP contribution in [0.2, 0.25) is 0 Å². The average Bonchev–Trinajstić information content (AvgIpc) is 2.68. The normalized spacial score (nSPS) is 19.1. The molecular formula is C15H19FO3. The molecule has 1 heterocycles. The fourth-order valence-corrected chi connectivity index (χ4v) is 2.60. The molecule has 0 bridgehead atoms. The zero-order valence-electron chi connectivity index (χ0n) is 11.2. The molecule has 0 amide bonds. The average molecular weight is 266 g/mol. The molecule has 0 radical (unpaired) electrons. The highest BCUT2D eigenvalue weighted by Crippen LogP contribution is 2.32. The van der Waals surface area contributed by atoms with Crippen molar-refractivity contribution in [3.63, 3.8) is 0 Å². The van der Waals surface area contributed by atoms with Crippen LogP contribution in [0, 0.1) is 17.7 Å². The molecule has 1 N–H and O–H groups in total. The van der Waals surface area contributed by atoms with Crippen molar-refractivity contribution in [2.24, 2.45) is 11.8 Å². The van der Waals surface area contributed by atoms with E-state index in [-0.39, 0.29) is 11.9 Å². The summed E-state index contributed by atoms with van der Waals surface area (Å²) < 4.78 is 18.8. The van der Waals surface area contributed by atoms with Gasteiger partial charge in [-0.25, -0.2) is 4.39 Å². The van der Waals surface area contributed by atoms with Crippen molar-refractivity contribution in [2.45, 2.75) is 39.2 Å². The highest BCUT2D eigenvalue weighted by Gasteiger charge is 2.29. The third-order valence-electron chi connectivity index (χ3n) is 3.42. The predicted octanol–water partition coefficient (Wildman–Crippen LogP) is 3.27. The first-order valence-electron chi connectivity index (χ1n) is 6.63. The Morgan fingerprint density at radius 3 is 2.89 bits per heavy atom. The first-order chi connectivity index (χ1) is 8.95. The van der Waals surface area contributed by atoms with E-state index >= 15 is 0 Å². The summed E-state index contributed by atoms with van der Waals surface area (Å²) in [4.78, 5) is 11.2. The van der Waals surface area contributed by atoms with E-state index in [0.717, 1.165) is 5.56 Å². The molecule has 3 nitrogen and oxygen atoms in total. The smallest absolute Gasteiger partial charge is 0.306 e. The van der Waals surface area contributed by atoms with E-state index in [2.05, 4.69) is 0 Å². The van der Waals surface area contributed by atoms with Gasteiger partial charge in [0.1, 0.15) is 17.7 Å². The molecule has 0 saturated carbocycles. The maximum atomic E-state index is 13.1. The minimum Gasteiger partial charge on any atom is -0.490 e. The number of hydrogen-bond donors (Lipinski definition) is 1. The van der Waals surface area contributed by atoms with Gasteiger partial charge in [-0.1, -0.05) is 13.8 Å². The van der Waals surface area contributed by atoms with Crippen LogP contribution in [0.4, 0.5) is 4.39 Å². The first kappa shape index (κ1) is 13.8. The van der Waals surface area contributed by atoms with Gasteiger partial charge in [0.2, 0.25) is 0 Å². The number of halogens is 1. The molecular weight excluding hydrogens is 247 g/mol. The highest BCUT2D eigenvalue weighted by molar-refractivity contribution is 5.70. The molecule has 1 aliphatic rings. The van der Waals surface area contributed by atoms with Gasteiger partial charge in [-0.15, -0.1) is 0 Å². The fourth-order valence-electron chi connectivity index (χ4n) is 2.60. The van der Waals surface area contributed by atoms with Gasteiger partial charge < -0.3 is 9.84 Å². The highest BCUT2D eigenvalue weighted by atomic mass is 19.1. The number of rotatable bonds is 5. The monoisotopic (exact) mass is 266 g/mol. The van der Waals surface area contributed by atoms with Gasteiger partial charge in [-0.3, -0.25) is 4.79 Å². The van der Waals surface area contributed by atoms with Gasteiger partial charge in [-0.2, -0.15) is 0 Å². The summed E-state index contributed by atoms with van der Waals surface area (Å²) in [6.07, 6.45) is 1.55. The van der Waals surface area contributed by atoms with Crippen molar-refractivity contribution in [3.8, 4) is 5.75 Å². The lowest BCUT2D eigenvalue weighted by Gasteiger charge is -2.18. The van der Waals surface area contributed by atoms with E-state index in [9.17, 15) is 14.3 Å². The Morgan fingerprint density at radius 1 is 1.53 bits per heavy atom. The second-order valence-corrected chi connectivity index (χ2v) is 5.60. The Hall–Kier alpha value is -1.58. The second-order valence-electron chi connectivity index (χ2n) is 5.60. The van der Waals surface area contributed by atoms with Crippen LogP contribution in [0.3, 0.4) is 0 Å². The van der Waals surface area contributed by atoms with Crippen LogP contribution in [0.5, 0.6) is 5.75 Å². The van der Waals surface area contributed by atoms with Crippen LogP contribution < -0.4 is 4.74 Å². The number of fused-ring (bicyclic) bond motifs is 1. The summed E-state index contributed by atoms with van der Waals surface area (Å²) in [7, 11) is 0. The van der Waals surface area contributed by atoms with Crippen molar-refractivity contribution in [3.05, 3.63) is 29.6 Å². The van der Waals surface area contributed by atoms with Gasteiger partial charge in [0, 0.05) is 12.0 Å². The molecule has 1 aromatic rings. The lowest BCUT2D eigenvalue weighted by molar-refractivity contribution is -0.143. The molecule has 2 atom stereocenters. The van der Waals surface area contributed by atoms with E-state index in [1.807, 2.05) is 13.8 Å². The number of hydrogen-bond acceptors (Lipinski definition) is 2. The van der Waals surface area contributed by atoms with Gasteiger partial charge in [0.25, 0.3) is 0 Å². The number of carboxylic acids is 1. The molecule has 0 spiro atoms. The Morgan fingerprint density at radius 2 is 2.26 bits per heavy atom. The molecule has 0 aliphatic carbocycles. The van der Waals surface area contributed by atoms with E-state index in [1.165, 1.54) is 12.1 Å². The van der Waals surface area contributed by atoms with E-state index in [0.29, 0.717) is 30.9 Å². The molecule has 0 fully saturated rings. The molecule has 104 valence electrons. The van der Waals surface area contributed by atoms with Crippen LogP contribution in [0.25, 0.3) is 0 Å². The molecule has 2 rings (SSSR count). The van der Waals surface area contributed by atoms with E-state index in [4.69, 9.17) is 4.74 Å². The Bertz CT molecular complexity index is 470. The third kappa shape index (κ3) is 3.46. The van der Waals surface area contributed by atoms with E-state index in [1.54, 1.807) is 6.07 Å². The van der Waals surface area contributed by atoms with E-state index < -0.39 is 11.9 Å². The van der Waals surface area contributed by atoms with Gasteiger partial charge >= 0.3 is 5.97 Å². The third-order valence-corrected chi connectivity index (χ3v) is 3.42. The zero-order chi connectivity index (χ0) is 14.0. The first-order valence-corrected chi connectivity index (χ1v) is 6.63. The van der Waals surface area contributed by atoms with Crippen molar-refractivity contribution in [1.29, 1.82) is 0 Å². The summed E-state index contributed by atoms with van der Waals surface area (Å²) >= 11 is 0. The molecule has 1 aliphatic heterocycles. The maximum Gasteiger partial charge on any atom is 0.306 e. The van der Waals surface area contributed by atoms with Gasteiger partial charge in [0.05, 0.1) is 5.92 Å². The van der Waals surface area contributed by atoms with Crippen LogP contribution in [0.1, 0.15) is 32.3 Å². The predicted molar refractivity (Wildman–Crippen MR) is 69.7 cm³/mol.